The van der Waals surface area contributed by atoms with Crippen molar-refractivity contribution in [3.05, 3.63) is 59.8 Å². The highest BCUT2D eigenvalue weighted by Crippen LogP contribution is 2.45. The molecule has 2 aliphatic rings. The minimum Gasteiger partial charge on any atom is -0.366 e. The fourth-order valence-corrected chi connectivity index (χ4v) is 4.69. The molecule has 0 saturated carbocycles. The van der Waals surface area contributed by atoms with Crippen LogP contribution in [0.15, 0.2) is 48.7 Å². The van der Waals surface area contributed by atoms with Gasteiger partial charge in [-0.2, -0.15) is 0 Å². The molecule has 2 saturated heterocycles. The monoisotopic (exact) mass is 378 g/mol. The van der Waals surface area contributed by atoms with E-state index in [1.165, 1.54) is 0 Å². The average molecular weight is 378 g/mol. The lowest BCUT2D eigenvalue weighted by atomic mass is 9.68. The molecule has 6 heteroatoms. The fraction of sp³-hybridized carbons (Fsp3) is 0.409. The van der Waals surface area contributed by atoms with E-state index in [-0.39, 0.29) is 17.2 Å². The van der Waals surface area contributed by atoms with Crippen LogP contribution in [0.25, 0.3) is 0 Å². The molecule has 1 atom stereocenters. The number of rotatable bonds is 3. The standard InChI is InChI=1S/C22H26N4O2/c1-25-15-22(14-18(21(25)28)16-5-3-2-4-6-16)8-11-26(12-9-22)19-13-17(20(23)27)7-10-24-19/h2-7,10,13,18H,8-9,11-12,14-15H2,1H3,(H2,23,27). The first-order valence-electron chi connectivity index (χ1n) is 9.78. The Labute approximate surface area is 165 Å². The number of hydrogen-bond acceptors (Lipinski definition) is 4. The molecule has 1 spiro atoms. The topological polar surface area (TPSA) is 79.5 Å². The largest absolute Gasteiger partial charge is 0.366 e. The highest BCUT2D eigenvalue weighted by atomic mass is 16.2. The van der Waals surface area contributed by atoms with Crippen LogP contribution in [0.2, 0.25) is 0 Å². The number of likely N-dealkylation sites (N-methyl/N-ethyl adjacent to an activating group) is 1. The number of anilines is 1. The summed E-state index contributed by atoms with van der Waals surface area (Å²) in [6.07, 6.45) is 4.52. The molecule has 6 nitrogen and oxygen atoms in total. The number of benzene rings is 1. The van der Waals surface area contributed by atoms with E-state index in [1.54, 1.807) is 18.3 Å². The second-order valence-corrected chi connectivity index (χ2v) is 8.12. The van der Waals surface area contributed by atoms with Gasteiger partial charge in [0.25, 0.3) is 0 Å². The summed E-state index contributed by atoms with van der Waals surface area (Å²) in [4.78, 5) is 32.8. The quantitative estimate of drug-likeness (QED) is 0.890. The molecule has 28 heavy (non-hydrogen) atoms. The Morgan fingerprint density at radius 1 is 1.18 bits per heavy atom. The molecule has 1 unspecified atom stereocenters. The van der Waals surface area contributed by atoms with Crippen LogP contribution in [0.5, 0.6) is 0 Å². The SMILES string of the molecule is CN1CC2(CCN(c3cc(C(N)=O)ccn3)CC2)CC(c2ccccc2)C1=O. The van der Waals surface area contributed by atoms with E-state index in [1.807, 2.05) is 30.1 Å². The molecule has 146 valence electrons. The molecular weight excluding hydrogens is 352 g/mol. The number of primary amides is 1. The minimum absolute atomic E-state index is 0.0668. The van der Waals surface area contributed by atoms with Gasteiger partial charge in [-0.15, -0.1) is 0 Å². The summed E-state index contributed by atoms with van der Waals surface area (Å²) >= 11 is 0. The van der Waals surface area contributed by atoms with Crippen LogP contribution in [0, 0.1) is 5.41 Å². The van der Waals surface area contributed by atoms with Gasteiger partial charge in [0, 0.05) is 38.4 Å². The van der Waals surface area contributed by atoms with Crippen molar-refractivity contribution in [3.8, 4) is 0 Å². The summed E-state index contributed by atoms with van der Waals surface area (Å²) in [5, 5.41) is 0. The number of carbonyl (C=O) groups is 2. The Balaban J connectivity index is 1.51. The molecule has 2 fully saturated rings. The van der Waals surface area contributed by atoms with E-state index in [4.69, 9.17) is 5.73 Å². The molecule has 1 aromatic carbocycles. The van der Waals surface area contributed by atoms with Crippen LogP contribution in [-0.4, -0.2) is 48.4 Å². The van der Waals surface area contributed by atoms with Crippen LogP contribution in [0.1, 0.15) is 41.1 Å². The van der Waals surface area contributed by atoms with Crippen LogP contribution < -0.4 is 10.6 Å². The third-order valence-electron chi connectivity index (χ3n) is 6.26. The van der Waals surface area contributed by atoms with Crippen LogP contribution >= 0.6 is 0 Å². The first kappa shape index (κ1) is 18.5. The number of aromatic nitrogens is 1. The summed E-state index contributed by atoms with van der Waals surface area (Å²) < 4.78 is 0. The lowest BCUT2D eigenvalue weighted by molar-refractivity contribution is -0.138. The fourth-order valence-electron chi connectivity index (χ4n) is 4.69. The van der Waals surface area contributed by atoms with Crippen molar-refractivity contribution in [2.75, 3.05) is 31.6 Å². The summed E-state index contributed by atoms with van der Waals surface area (Å²) in [7, 11) is 1.92. The van der Waals surface area contributed by atoms with E-state index >= 15 is 0 Å². The smallest absolute Gasteiger partial charge is 0.248 e. The number of nitrogens with zero attached hydrogens (tertiary/aromatic N) is 3. The predicted molar refractivity (Wildman–Crippen MR) is 108 cm³/mol. The third kappa shape index (κ3) is 3.46. The molecule has 0 aliphatic carbocycles. The Hall–Kier alpha value is -2.89. The van der Waals surface area contributed by atoms with Gasteiger partial charge in [0.2, 0.25) is 11.8 Å². The first-order chi connectivity index (χ1) is 13.5. The lowest BCUT2D eigenvalue weighted by Crippen LogP contribution is -2.53. The number of piperidine rings is 2. The van der Waals surface area contributed by atoms with Gasteiger partial charge in [0.15, 0.2) is 0 Å². The predicted octanol–water partition coefficient (Wildman–Crippen LogP) is 2.41. The molecule has 1 aromatic heterocycles. The van der Waals surface area contributed by atoms with Crippen molar-refractivity contribution in [3.63, 3.8) is 0 Å². The summed E-state index contributed by atoms with van der Waals surface area (Å²) in [5.41, 5.74) is 7.12. The zero-order valence-electron chi connectivity index (χ0n) is 16.2. The summed E-state index contributed by atoms with van der Waals surface area (Å²) in [6, 6.07) is 13.5. The van der Waals surface area contributed by atoms with Crippen LogP contribution in [0.4, 0.5) is 5.82 Å². The van der Waals surface area contributed by atoms with Gasteiger partial charge < -0.3 is 15.5 Å². The number of nitrogens with two attached hydrogens (primary N) is 1. The first-order valence-corrected chi connectivity index (χ1v) is 9.78. The Morgan fingerprint density at radius 2 is 1.89 bits per heavy atom. The maximum atomic E-state index is 12.8. The highest BCUT2D eigenvalue weighted by Gasteiger charge is 2.45. The van der Waals surface area contributed by atoms with Crippen molar-refractivity contribution in [2.45, 2.75) is 25.2 Å². The van der Waals surface area contributed by atoms with Gasteiger partial charge >= 0.3 is 0 Å². The zero-order chi connectivity index (χ0) is 19.7. The van der Waals surface area contributed by atoms with Gasteiger partial charge in [0.1, 0.15) is 5.82 Å². The highest BCUT2D eigenvalue weighted by molar-refractivity contribution is 5.93. The number of amides is 2. The van der Waals surface area contributed by atoms with Gasteiger partial charge in [-0.1, -0.05) is 30.3 Å². The van der Waals surface area contributed by atoms with Crippen LogP contribution in [-0.2, 0) is 4.79 Å². The molecular formula is C22H26N4O2. The summed E-state index contributed by atoms with van der Waals surface area (Å²) in [5.74, 6) is 0.513. The third-order valence-corrected chi connectivity index (χ3v) is 6.26. The Bertz CT molecular complexity index is 875. The minimum atomic E-state index is -0.435. The average Bonchev–Trinajstić information content (AvgIpc) is 2.72. The lowest BCUT2D eigenvalue weighted by Gasteiger charge is -2.49. The van der Waals surface area contributed by atoms with Gasteiger partial charge in [0.05, 0.1) is 5.92 Å². The molecule has 2 amide bonds. The molecule has 2 N–H and O–H groups in total. The zero-order valence-corrected chi connectivity index (χ0v) is 16.2. The van der Waals surface area contributed by atoms with E-state index in [2.05, 4.69) is 22.0 Å². The summed E-state index contributed by atoms with van der Waals surface area (Å²) in [6.45, 7) is 2.52. The molecule has 2 aromatic rings. The van der Waals surface area contributed by atoms with Crippen molar-refractivity contribution in [2.24, 2.45) is 11.1 Å². The van der Waals surface area contributed by atoms with Crippen molar-refractivity contribution in [1.29, 1.82) is 0 Å². The number of hydrogen-bond donors (Lipinski definition) is 1. The van der Waals surface area contributed by atoms with Crippen molar-refractivity contribution < 1.29 is 9.59 Å². The van der Waals surface area contributed by atoms with Crippen LogP contribution in [0.3, 0.4) is 0 Å². The molecule has 3 heterocycles. The molecule has 2 aliphatic heterocycles. The van der Waals surface area contributed by atoms with E-state index in [0.717, 1.165) is 50.3 Å². The second-order valence-electron chi connectivity index (χ2n) is 8.12. The normalized spacial score (nSPS) is 21.8. The number of carbonyl (C=O) groups excluding carboxylic acids is 2. The Morgan fingerprint density at radius 3 is 2.57 bits per heavy atom. The molecule has 0 radical (unpaired) electrons. The Kier molecular flexibility index (Phi) is 4.79. The van der Waals surface area contributed by atoms with Crippen molar-refractivity contribution in [1.82, 2.24) is 9.88 Å². The van der Waals surface area contributed by atoms with E-state index in [9.17, 15) is 9.59 Å². The maximum Gasteiger partial charge on any atom is 0.248 e. The van der Waals surface area contributed by atoms with E-state index < -0.39 is 5.91 Å². The molecule has 4 rings (SSSR count). The van der Waals surface area contributed by atoms with E-state index in [0.29, 0.717) is 5.56 Å². The van der Waals surface area contributed by atoms with Gasteiger partial charge in [-0.3, -0.25) is 9.59 Å². The number of likely N-dealkylation sites (tertiary alicyclic amines) is 1. The van der Waals surface area contributed by atoms with Gasteiger partial charge in [-0.25, -0.2) is 4.98 Å². The maximum absolute atomic E-state index is 12.8. The molecule has 0 bridgehead atoms. The number of pyridine rings is 1. The second kappa shape index (κ2) is 7.26. The van der Waals surface area contributed by atoms with Gasteiger partial charge in [-0.05, 0) is 42.4 Å². The van der Waals surface area contributed by atoms with Crippen molar-refractivity contribution >= 4 is 17.6 Å².